The molecule has 2 aromatic carbocycles. The first-order valence-corrected chi connectivity index (χ1v) is 11.5. The zero-order valence-electron chi connectivity index (χ0n) is 18.2. The van der Waals surface area contributed by atoms with Crippen LogP contribution in [0.4, 0.5) is 0 Å². The third-order valence-electron chi connectivity index (χ3n) is 6.88. The average molecular weight is 424 g/mol. The summed E-state index contributed by atoms with van der Waals surface area (Å²) in [5, 5.41) is 3.04. The number of benzene rings is 2. The molecule has 0 spiro atoms. The number of carbonyl (C=O) groups excluding carboxylic acids is 1. The lowest BCUT2D eigenvalue weighted by Crippen LogP contribution is -2.31. The molecule has 0 bridgehead atoms. The highest BCUT2D eigenvalue weighted by Crippen LogP contribution is 2.55. The molecule has 162 valence electrons. The minimum atomic E-state index is -0.0329. The molecule has 1 aromatic heterocycles. The van der Waals surface area contributed by atoms with Gasteiger partial charge in [0.25, 0.3) is 0 Å². The zero-order valence-corrected chi connectivity index (χ0v) is 18.2. The Balaban J connectivity index is 1.13. The Labute approximate surface area is 190 Å². The minimum Gasteiger partial charge on any atom is -0.353 e. The highest BCUT2D eigenvalue weighted by molar-refractivity contribution is 5.91. The number of nitrogens with zero attached hydrogens (tertiary/aromatic N) is 2. The van der Waals surface area contributed by atoms with Gasteiger partial charge in [0.15, 0.2) is 0 Å². The first kappa shape index (κ1) is 20.7. The molecule has 2 heterocycles. The van der Waals surface area contributed by atoms with Crippen LogP contribution in [0, 0.1) is 17.8 Å². The van der Waals surface area contributed by atoms with Crippen LogP contribution in [0.15, 0.2) is 91.3 Å². The minimum absolute atomic E-state index is 0.0329. The fourth-order valence-corrected chi connectivity index (χ4v) is 5.27. The van der Waals surface area contributed by atoms with Crippen LogP contribution >= 0.6 is 0 Å². The number of carbonyl (C=O) groups is 1. The van der Waals surface area contributed by atoms with Gasteiger partial charge in [0.1, 0.15) is 0 Å². The van der Waals surface area contributed by atoms with Crippen LogP contribution in [0.1, 0.15) is 29.2 Å². The van der Waals surface area contributed by atoms with E-state index in [2.05, 4.69) is 75.9 Å². The van der Waals surface area contributed by atoms with Gasteiger partial charge < -0.3 is 5.32 Å². The lowest BCUT2D eigenvalue weighted by molar-refractivity contribution is -0.116. The molecule has 5 rings (SSSR count). The second-order valence-corrected chi connectivity index (χ2v) is 8.87. The van der Waals surface area contributed by atoms with Crippen LogP contribution in [-0.4, -0.2) is 35.4 Å². The number of hydrogen-bond donors (Lipinski definition) is 1. The summed E-state index contributed by atoms with van der Waals surface area (Å²) in [5.41, 5.74) is 3.67. The zero-order chi connectivity index (χ0) is 21.8. The summed E-state index contributed by atoms with van der Waals surface area (Å²) in [6.07, 6.45) is 7.94. The standard InChI is InChI=1S/C28H29N3O/c32-27(14-13-21-8-7-16-29-18-21)30-17-15-24-25-19-31(20-26(24)25)28(22-9-3-1-4-10-22)23-11-5-2-6-12-23/h1-14,16,18,24-26,28H,15,17,19-20H2,(H,30,32)/b14-13+. The van der Waals surface area contributed by atoms with E-state index in [1.54, 1.807) is 24.5 Å². The molecular formula is C28H29N3O. The van der Waals surface area contributed by atoms with Gasteiger partial charge in [-0.2, -0.15) is 0 Å². The summed E-state index contributed by atoms with van der Waals surface area (Å²) < 4.78 is 0. The molecule has 2 aliphatic rings. The van der Waals surface area contributed by atoms with E-state index in [0.29, 0.717) is 6.04 Å². The van der Waals surface area contributed by atoms with E-state index in [4.69, 9.17) is 0 Å². The molecule has 1 aliphatic carbocycles. The van der Waals surface area contributed by atoms with Crippen LogP contribution in [0.3, 0.4) is 0 Å². The number of hydrogen-bond acceptors (Lipinski definition) is 3. The highest BCUT2D eigenvalue weighted by Gasteiger charge is 2.55. The monoisotopic (exact) mass is 423 g/mol. The maximum atomic E-state index is 12.1. The molecule has 1 saturated heterocycles. The van der Waals surface area contributed by atoms with E-state index in [9.17, 15) is 4.79 Å². The van der Waals surface area contributed by atoms with Gasteiger partial charge in [0.05, 0.1) is 6.04 Å². The molecule has 2 fully saturated rings. The normalized spacial score (nSPS) is 22.2. The van der Waals surface area contributed by atoms with Gasteiger partial charge in [-0.05, 0) is 53.0 Å². The number of aromatic nitrogens is 1. The third kappa shape index (κ3) is 4.66. The number of likely N-dealkylation sites (tertiary alicyclic amines) is 1. The van der Waals surface area contributed by atoms with Crippen LogP contribution in [0.2, 0.25) is 0 Å². The predicted molar refractivity (Wildman–Crippen MR) is 128 cm³/mol. The lowest BCUT2D eigenvalue weighted by atomic mass is 9.96. The van der Waals surface area contributed by atoms with Gasteiger partial charge >= 0.3 is 0 Å². The van der Waals surface area contributed by atoms with E-state index in [0.717, 1.165) is 49.4 Å². The molecule has 2 unspecified atom stereocenters. The Bertz CT molecular complexity index is 1000. The van der Waals surface area contributed by atoms with Crippen molar-refractivity contribution in [3.63, 3.8) is 0 Å². The topological polar surface area (TPSA) is 45.2 Å². The Morgan fingerprint density at radius 2 is 1.62 bits per heavy atom. The number of fused-ring (bicyclic) bond motifs is 1. The van der Waals surface area contributed by atoms with E-state index < -0.39 is 0 Å². The SMILES string of the molecule is O=C(/C=C/c1cccnc1)NCCC1C2CN(C(c3ccccc3)c3ccccc3)CC12. The third-order valence-corrected chi connectivity index (χ3v) is 6.88. The smallest absolute Gasteiger partial charge is 0.244 e. The van der Waals surface area contributed by atoms with Gasteiger partial charge in [-0.1, -0.05) is 66.7 Å². The van der Waals surface area contributed by atoms with Crippen LogP contribution in [0.25, 0.3) is 6.08 Å². The number of rotatable bonds is 8. The molecule has 4 nitrogen and oxygen atoms in total. The predicted octanol–water partition coefficient (Wildman–Crippen LogP) is 4.57. The van der Waals surface area contributed by atoms with Crippen molar-refractivity contribution in [2.24, 2.45) is 17.8 Å². The summed E-state index contributed by atoms with van der Waals surface area (Å²) in [6, 6.07) is 25.8. The average Bonchev–Trinajstić information content (AvgIpc) is 3.29. The summed E-state index contributed by atoms with van der Waals surface area (Å²) in [4.78, 5) is 18.8. The van der Waals surface area contributed by atoms with Crippen molar-refractivity contribution in [3.05, 3.63) is 108 Å². The van der Waals surface area contributed by atoms with Crippen molar-refractivity contribution in [2.75, 3.05) is 19.6 Å². The molecule has 3 aromatic rings. The van der Waals surface area contributed by atoms with Crippen LogP contribution in [-0.2, 0) is 4.79 Å². The maximum absolute atomic E-state index is 12.1. The Morgan fingerprint density at radius 1 is 0.969 bits per heavy atom. The summed E-state index contributed by atoms with van der Waals surface area (Å²) in [7, 11) is 0. The fraction of sp³-hybridized carbons (Fsp3) is 0.286. The van der Waals surface area contributed by atoms with E-state index in [1.165, 1.54) is 11.1 Å². The Hall–Kier alpha value is -3.24. The summed E-state index contributed by atoms with van der Waals surface area (Å²) >= 11 is 0. The molecule has 1 amide bonds. The summed E-state index contributed by atoms with van der Waals surface area (Å²) in [6.45, 7) is 3.02. The van der Waals surface area contributed by atoms with E-state index in [-0.39, 0.29) is 5.91 Å². The van der Waals surface area contributed by atoms with Crippen molar-refractivity contribution in [2.45, 2.75) is 12.5 Å². The molecule has 0 radical (unpaired) electrons. The largest absolute Gasteiger partial charge is 0.353 e. The highest BCUT2D eigenvalue weighted by atomic mass is 16.1. The maximum Gasteiger partial charge on any atom is 0.244 e. The van der Waals surface area contributed by atoms with Crippen molar-refractivity contribution in [3.8, 4) is 0 Å². The Kier molecular flexibility index (Phi) is 6.13. The lowest BCUT2D eigenvalue weighted by Gasteiger charge is -2.31. The van der Waals surface area contributed by atoms with Crippen molar-refractivity contribution >= 4 is 12.0 Å². The van der Waals surface area contributed by atoms with E-state index >= 15 is 0 Å². The van der Waals surface area contributed by atoms with Gasteiger partial charge in [0.2, 0.25) is 5.91 Å². The molecule has 1 N–H and O–H groups in total. The fourth-order valence-electron chi connectivity index (χ4n) is 5.27. The Morgan fingerprint density at radius 3 is 2.22 bits per heavy atom. The molecule has 1 saturated carbocycles. The van der Waals surface area contributed by atoms with Crippen LogP contribution in [0.5, 0.6) is 0 Å². The molecule has 32 heavy (non-hydrogen) atoms. The van der Waals surface area contributed by atoms with Crippen molar-refractivity contribution < 1.29 is 4.79 Å². The number of amides is 1. The second kappa shape index (κ2) is 9.49. The van der Waals surface area contributed by atoms with Gasteiger partial charge in [0, 0.05) is 38.1 Å². The molecular weight excluding hydrogens is 394 g/mol. The molecule has 4 heteroatoms. The van der Waals surface area contributed by atoms with Gasteiger partial charge in [-0.25, -0.2) is 0 Å². The van der Waals surface area contributed by atoms with E-state index in [1.807, 2.05) is 12.1 Å². The van der Waals surface area contributed by atoms with Gasteiger partial charge in [-0.3, -0.25) is 14.7 Å². The van der Waals surface area contributed by atoms with Crippen LogP contribution < -0.4 is 5.32 Å². The first-order chi connectivity index (χ1) is 15.8. The molecule has 2 atom stereocenters. The van der Waals surface area contributed by atoms with Crippen molar-refractivity contribution in [1.82, 2.24) is 15.2 Å². The van der Waals surface area contributed by atoms with Gasteiger partial charge in [-0.15, -0.1) is 0 Å². The first-order valence-electron chi connectivity index (χ1n) is 11.5. The molecule has 1 aliphatic heterocycles. The quantitative estimate of drug-likeness (QED) is 0.540. The second-order valence-electron chi connectivity index (χ2n) is 8.87. The number of pyridine rings is 1. The number of nitrogens with one attached hydrogen (secondary N) is 1. The van der Waals surface area contributed by atoms with Crippen molar-refractivity contribution in [1.29, 1.82) is 0 Å². The summed E-state index contributed by atoms with van der Waals surface area (Å²) in [5.74, 6) is 2.22. The number of piperidine rings is 1.